The number of thioether (sulfide) groups is 1. The monoisotopic (exact) mass is 466 g/mol. The summed E-state index contributed by atoms with van der Waals surface area (Å²) in [4.78, 5) is 6.30. The topological polar surface area (TPSA) is 17.8 Å². The Morgan fingerprint density at radius 3 is 1.97 bits per heavy atom. The van der Waals surface area contributed by atoms with Crippen LogP contribution in [0, 0.1) is 0 Å². The number of fused-ring (bicyclic) bond motifs is 5. The predicted octanol–water partition coefficient (Wildman–Crippen LogP) is 8.63. The molecule has 2 heterocycles. The Morgan fingerprint density at radius 2 is 1.26 bits per heavy atom. The van der Waals surface area contributed by atoms with Crippen LogP contribution >= 0.6 is 11.8 Å². The molecule has 1 aliphatic heterocycles. The molecule has 0 saturated heterocycles. The summed E-state index contributed by atoms with van der Waals surface area (Å²) in [5.41, 5.74) is 10.8. The first-order valence-corrected chi connectivity index (χ1v) is 12.8. The van der Waals surface area contributed by atoms with Crippen molar-refractivity contribution < 1.29 is 0 Å². The summed E-state index contributed by atoms with van der Waals surface area (Å²) < 4.78 is 2.35. The molecular weight excluding hydrogens is 444 g/mol. The third-order valence-corrected chi connectivity index (χ3v) is 7.77. The number of hydrogen-bond donors (Lipinski definition) is 0. The van der Waals surface area contributed by atoms with Crippen molar-refractivity contribution in [2.45, 2.75) is 10.6 Å². The summed E-state index contributed by atoms with van der Waals surface area (Å²) in [5, 5.41) is 0. The molecule has 0 aliphatic carbocycles. The lowest BCUT2D eigenvalue weighted by molar-refractivity contribution is 0.945. The zero-order valence-corrected chi connectivity index (χ0v) is 19.9. The van der Waals surface area contributed by atoms with Gasteiger partial charge in [0.2, 0.25) is 0 Å². The molecule has 7 rings (SSSR count). The van der Waals surface area contributed by atoms with Crippen molar-refractivity contribution in [2.75, 3.05) is 0 Å². The van der Waals surface area contributed by atoms with E-state index in [1.807, 2.05) is 11.8 Å². The number of benzene rings is 5. The van der Waals surface area contributed by atoms with Crippen molar-refractivity contribution in [1.29, 1.82) is 0 Å². The van der Waals surface area contributed by atoms with E-state index in [9.17, 15) is 0 Å². The SMILES string of the molecule is c1ccc(-c2cccc(-c3ccccc3)c2-c2ccc3nc4n(c3c2)-c2ccccc2SC4)cc1. The van der Waals surface area contributed by atoms with Gasteiger partial charge in [0.15, 0.2) is 0 Å². The summed E-state index contributed by atoms with van der Waals surface area (Å²) >= 11 is 1.86. The van der Waals surface area contributed by atoms with E-state index in [0.717, 1.165) is 22.6 Å². The van der Waals surface area contributed by atoms with Gasteiger partial charge in [0.25, 0.3) is 0 Å². The maximum absolute atomic E-state index is 4.99. The van der Waals surface area contributed by atoms with E-state index in [-0.39, 0.29) is 0 Å². The predicted molar refractivity (Wildman–Crippen MR) is 147 cm³/mol. The first kappa shape index (κ1) is 20.3. The zero-order valence-electron chi connectivity index (χ0n) is 19.1. The molecule has 1 aromatic heterocycles. The average Bonchev–Trinajstić information content (AvgIpc) is 3.32. The summed E-state index contributed by atoms with van der Waals surface area (Å²) in [5.74, 6) is 2.00. The van der Waals surface area contributed by atoms with E-state index in [1.165, 1.54) is 44.0 Å². The van der Waals surface area contributed by atoms with Gasteiger partial charge in [-0.3, -0.25) is 4.57 Å². The van der Waals surface area contributed by atoms with E-state index in [0.29, 0.717) is 0 Å². The number of rotatable bonds is 3. The molecule has 0 radical (unpaired) electrons. The van der Waals surface area contributed by atoms with Crippen LogP contribution in [0.4, 0.5) is 0 Å². The molecule has 2 nitrogen and oxygen atoms in total. The van der Waals surface area contributed by atoms with E-state index in [1.54, 1.807) is 0 Å². The summed E-state index contributed by atoms with van der Waals surface area (Å²) in [6.07, 6.45) is 0. The Kier molecular flexibility index (Phi) is 4.81. The van der Waals surface area contributed by atoms with Crippen LogP contribution in [-0.4, -0.2) is 9.55 Å². The molecule has 0 amide bonds. The maximum Gasteiger partial charge on any atom is 0.124 e. The molecule has 0 N–H and O–H groups in total. The maximum atomic E-state index is 4.99. The Labute approximate surface area is 208 Å². The first-order valence-electron chi connectivity index (χ1n) is 11.8. The third-order valence-electron chi connectivity index (χ3n) is 6.71. The van der Waals surface area contributed by atoms with Crippen LogP contribution in [0.5, 0.6) is 0 Å². The highest BCUT2D eigenvalue weighted by atomic mass is 32.2. The lowest BCUT2D eigenvalue weighted by Gasteiger charge is -2.19. The van der Waals surface area contributed by atoms with Gasteiger partial charge in [-0.25, -0.2) is 4.98 Å². The van der Waals surface area contributed by atoms with Gasteiger partial charge in [-0.05, 0) is 57.6 Å². The average molecular weight is 467 g/mol. The minimum absolute atomic E-state index is 0.886. The molecule has 166 valence electrons. The lowest BCUT2D eigenvalue weighted by atomic mass is 9.87. The van der Waals surface area contributed by atoms with Gasteiger partial charge < -0.3 is 0 Å². The molecule has 3 heteroatoms. The highest BCUT2D eigenvalue weighted by Gasteiger charge is 2.21. The van der Waals surface area contributed by atoms with Gasteiger partial charge in [0.1, 0.15) is 5.82 Å². The molecular formula is C32H22N2S. The standard InChI is InChI=1S/C32H22N2S/c1-3-10-22(11-4-1)25-14-9-15-26(23-12-5-2-6-13-23)32(25)24-18-19-27-29(20-24)34-28-16-7-8-17-30(28)35-21-31(34)33-27/h1-20H,21H2. The quantitative estimate of drug-likeness (QED) is 0.260. The molecule has 5 aromatic carbocycles. The minimum atomic E-state index is 0.886. The van der Waals surface area contributed by atoms with Gasteiger partial charge in [0, 0.05) is 4.90 Å². The largest absolute Gasteiger partial charge is 0.294 e. The smallest absolute Gasteiger partial charge is 0.124 e. The molecule has 0 bridgehead atoms. The number of para-hydroxylation sites is 1. The number of hydrogen-bond acceptors (Lipinski definition) is 2. The van der Waals surface area contributed by atoms with Crippen LogP contribution < -0.4 is 0 Å². The first-order chi connectivity index (χ1) is 17.4. The Balaban J connectivity index is 1.52. The Morgan fingerprint density at radius 1 is 0.600 bits per heavy atom. The Bertz CT molecular complexity index is 1630. The van der Waals surface area contributed by atoms with Crippen LogP contribution in [0.3, 0.4) is 0 Å². The molecule has 0 saturated carbocycles. The molecule has 35 heavy (non-hydrogen) atoms. The van der Waals surface area contributed by atoms with Crippen molar-refractivity contribution in [2.24, 2.45) is 0 Å². The normalized spacial score (nSPS) is 12.3. The Hall–Kier alpha value is -4.08. The van der Waals surface area contributed by atoms with Crippen molar-refractivity contribution in [3.63, 3.8) is 0 Å². The fourth-order valence-corrected chi connectivity index (χ4v) is 6.09. The van der Waals surface area contributed by atoms with Crippen molar-refractivity contribution in [3.8, 4) is 39.1 Å². The van der Waals surface area contributed by atoms with E-state index in [4.69, 9.17) is 4.98 Å². The fourth-order valence-electron chi connectivity index (χ4n) is 5.13. The number of aromatic nitrogens is 2. The molecule has 0 fully saturated rings. The van der Waals surface area contributed by atoms with E-state index < -0.39 is 0 Å². The van der Waals surface area contributed by atoms with Crippen LogP contribution in [0.15, 0.2) is 126 Å². The molecule has 0 spiro atoms. The van der Waals surface area contributed by atoms with Gasteiger partial charge in [-0.15, -0.1) is 11.8 Å². The van der Waals surface area contributed by atoms with E-state index in [2.05, 4.69) is 126 Å². The van der Waals surface area contributed by atoms with E-state index >= 15 is 0 Å². The molecule has 6 aromatic rings. The molecule has 0 unspecified atom stereocenters. The molecule has 1 aliphatic rings. The number of nitrogens with zero attached hydrogens (tertiary/aromatic N) is 2. The third kappa shape index (κ3) is 3.39. The second-order valence-electron chi connectivity index (χ2n) is 8.78. The van der Waals surface area contributed by atoms with Crippen molar-refractivity contribution in [1.82, 2.24) is 9.55 Å². The molecule has 0 atom stereocenters. The highest BCUT2D eigenvalue weighted by Crippen LogP contribution is 2.42. The number of imidazole rings is 1. The van der Waals surface area contributed by atoms with Crippen LogP contribution in [-0.2, 0) is 5.75 Å². The highest BCUT2D eigenvalue weighted by molar-refractivity contribution is 7.98. The van der Waals surface area contributed by atoms with Gasteiger partial charge in [0.05, 0.1) is 22.5 Å². The van der Waals surface area contributed by atoms with Crippen molar-refractivity contribution >= 4 is 22.8 Å². The van der Waals surface area contributed by atoms with Crippen LogP contribution in [0.1, 0.15) is 5.82 Å². The van der Waals surface area contributed by atoms with Gasteiger partial charge >= 0.3 is 0 Å². The minimum Gasteiger partial charge on any atom is -0.294 e. The van der Waals surface area contributed by atoms with Gasteiger partial charge in [-0.2, -0.15) is 0 Å². The summed E-state index contributed by atoms with van der Waals surface area (Å²) in [6, 6.07) is 43.4. The summed E-state index contributed by atoms with van der Waals surface area (Å²) in [6.45, 7) is 0. The second-order valence-corrected chi connectivity index (χ2v) is 9.80. The van der Waals surface area contributed by atoms with Crippen LogP contribution in [0.2, 0.25) is 0 Å². The zero-order chi connectivity index (χ0) is 23.2. The van der Waals surface area contributed by atoms with Crippen LogP contribution in [0.25, 0.3) is 50.1 Å². The summed E-state index contributed by atoms with van der Waals surface area (Å²) in [7, 11) is 0. The second kappa shape index (κ2) is 8.30. The fraction of sp³-hybridized carbons (Fsp3) is 0.0312. The lowest BCUT2D eigenvalue weighted by Crippen LogP contribution is -2.06. The van der Waals surface area contributed by atoms with Gasteiger partial charge in [-0.1, -0.05) is 97.1 Å². The van der Waals surface area contributed by atoms with Crippen molar-refractivity contribution in [3.05, 3.63) is 127 Å².